The molecule has 0 aromatic heterocycles. The van der Waals surface area contributed by atoms with E-state index in [1.807, 2.05) is 13.0 Å². The van der Waals surface area contributed by atoms with E-state index in [0.717, 1.165) is 0 Å². The lowest BCUT2D eigenvalue weighted by molar-refractivity contribution is -0.132. The average Bonchev–Trinajstić information content (AvgIpc) is 2.44. The van der Waals surface area contributed by atoms with Gasteiger partial charge in [-0.1, -0.05) is 6.92 Å². The van der Waals surface area contributed by atoms with Crippen LogP contribution in [-0.2, 0) is 4.79 Å². The predicted molar refractivity (Wildman–Crippen MR) is 73.8 cm³/mol. The third kappa shape index (κ3) is 4.32. The topological polar surface area (TPSA) is 79.5 Å². The van der Waals surface area contributed by atoms with Crippen molar-refractivity contribution in [2.75, 3.05) is 13.2 Å². The predicted octanol–water partition coefficient (Wildman–Crippen LogP) is 2.76. The smallest absolute Gasteiger partial charge is 0.331 e. The second-order valence-electron chi connectivity index (χ2n) is 3.91. The highest BCUT2D eigenvalue weighted by Gasteiger charge is 2.07. The minimum absolute atomic E-state index is 0.140. The molecule has 106 valence electrons. The standard InChI is InChI=1S/C15H17NO4/c1-3-12(15(17)18)7-8-20-13-6-5-11(10-16)9-14(13)19-4-2/h5-7,9H,3-4,8H2,1-2H3,(H,17,18). The average molecular weight is 275 g/mol. The minimum atomic E-state index is -0.944. The Balaban J connectivity index is 2.82. The fraction of sp³-hybridized carbons (Fsp3) is 0.333. The molecule has 0 heterocycles. The first-order valence-electron chi connectivity index (χ1n) is 6.34. The van der Waals surface area contributed by atoms with Gasteiger partial charge in [0.2, 0.25) is 0 Å². The van der Waals surface area contributed by atoms with E-state index in [-0.39, 0.29) is 6.61 Å². The first-order valence-corrected chi connectivity index (χ1v) is 6.34. The van der Waals surface area contributed by atoms with Crippen molar-refractivity contribution in [3.8, 4) is 17.6 Å². The van der Waals surface area contributed by atoms with E-state index >= 15 is 0 Å². The minimum Gasteiger partial charge on any atom is -0.490 e. The summed E-state index contributed by atoms with van der Waals surface area (Å²) in [7, 11) is 0. The number of nitrogens with zero attached hydrogens (tertiary/aromatic N) is 1. The number of hydrogen-bond donors (Lipinski definition) is 1. The summed E-state index contributed by atoms with van der Waals surface area (Å²) < 4.78 is 10.9. The molecule has 0 spiro atoms. The number of carboxylic acid groups (broad SMARTS) is 1. The molecule has 1 aromatic rings. The van der Waals surface area contributed by atoms with Gasteiger partial charge in [0, 0.05) is 11.6 Å². The lowest BCUT2D eigenvalue weighted by Gasteiger charge is -2.11. The van der Waals surface area contributed by atoms with Crippen molar-refractivity contribution < 1.29 is 19.4 Å². The highest BCUT2D eigenvalue weighted by Crippen LogP contribution is 2.28. The first-order chi connectivity index (χ1) is 9.62. The van der Waals surface area contributed by atoms with E-state index in [1.54, 1.807) is 25.1 Å². The summed E-state index contributed by atoms with van der Waals surface area (Å²) in [5.74, 6) is 0.0252. The van der Waals surface area contributed by atoms with Crippen molar-refractivity contribution in [2.45, 2.75) is 20.3 Å². The number of aliphatic carboxylic acids is 1. The van der Waals surface area contributed by atoms with Crippen LogP contribution >= 0.6 is 0 Å². The van der Waals surface area contributed by atoms with E-state index in [9.17, 15) is 4.79 Å². The van der Waals surface area contributed by atoms with Gasteiger partial charge in [-0.2, -0.15) is 5.26 Å². The summed E-state index contributed by atoms with van der Waals surface area (Å²) in [5, 5.41) is 17.7. The van der Waals surface area contributed by atoms with E-state index in [4.69, 9.17) is 19.8 Å². The summed E-state index contributed by atoms with van der Waals surface area (Å²) in [6.45, 7) is 4.20. The Labute approximate surface area is 118 Å². The Kier molecular flexibility index (Phi) is 6.11. The van der Waals surface area contributed by atoms with Crippen LogP contribution in [-0.4, -0.2) is 24.3 Å². The number of ether oxygens (including phenoxy) is 2. The van der Waals surface area contributed by atoms with Crippen molar-refractivity contribution in [3.63, 3.8) is 0 Å². The summed E-state index contributed by atoms with van der Waals surface area (Å²) in [5.41, 5.74) is 0.785. The van der Waals surface area contributed by atoms with Crippen molar-refractivity contribution in [3.05, 3.63) is 35.4 Å². The molecular weight excluding hydrogens is 258 g/mol. The fourth-order valence-corrected chi connectivity index (χ4v) is 1.58. The molecule has 0 saturated carbocycles. The van der Waals surface area contributed by atoms with E-state index in [0.29, 0.717) is 35.7 Å². The van der Waals surface area contributed by atoms with Gasteiger partial charge >= 0.3 is 5.97 Å². The van der Waals surface area contributed by atoms with Crippen LogP contribution in [0.3, 0.4) is 0 Å². The normalized spacial score (nSPS) is 10.8. The third-order valence-corrected chi connectivity index (χ3v) is 2.60. The Morgan fingerprint density at radius 3 is 2.65 bits per heavy atom. The number of carboxylic acids is 1. The molecule has 0 unspecified atom stereocenters. The van der Waals surface area contributed by atoms with Gasteiger partial charge in [-0.3, -0.25) is 0 Å². The molecule has 1 rings (SSSR count). The van der Waals surface area contributed by atoms with Crippen LogP contribution in [0.2, 0.25) is 0 Å². The zero-order valence-corrected chi connectivity index (χ0v) is 11.5. The third-order valence-electron chi connectivity index (χ3n) is 2.60. The quantitative estimate of drug-likeness (QED) is 0.774. The molecular formula is C15H17NO4. The highest BCUT2D eigenvalue weighted by molar-refractivity contribution is 5.86. The van der Waals surface area contributed by atoms with Crippen molar-refractivity contribution >= 4 is 5.97 Å². The summed E-state index contributed by atoms with van der Waals surface area (Å²) in [6.07, 6.45) is 1.96. The lowest BCUT2D eigenvalue weighted by atomic mass is 10.2. The zero-order chi connectivity index (χ0) is 15.0. The summed E-state index contributed by atoms with van der Waals surface area (Å²) in [6, 6.07) is 6.89. The maximum absolute atomic E-state index is 10.8. The Morgan fingerprint density at radius 1 is 1.35 bits per heavy atom. The fourth-order valence-electron chi connectivity index (χ4n) is 1.58. The highest BCUT2D eigenvalue weighted by atomic mass is 16.5. The number of carbonyl (C=O) groups is 1. The van der Waals surface area contributed by atoms with Crippen LogP contribution < -0.4 is 9.47 Å². The molecule has 5 nitrogen and oxygen atoms in total. The maximum Gasteiger partial charge on any atom is 0.331 e. The van der Waals surface area contributed by atoms with Crippen LogP contribution in [0, 0.1) is 11.3 Å². The molecule has 0 saturated heterocycles. The lowest BCUT2D eigenvalue weighted by Crippen LogP contribution is -2.04. The van der Waals surface area contributed by atoms with Crippen LogP contribution in [0.5, 0.6) is 11.5 Å². The summed E-state index contributed by atoms with van der Waals surface area (Å²) >= 11 is 0. The molecule has 20 heavy (non-hydrogen) atoms. The second-order valence-corrected chi connectivity index (χ2v) is 3.91. The van der Waals surface area contributed by atoms with E-state index in [2.05, 4.69) is 0 Å². The van der Waals surface area contributed by atoms with Crippen LogP contribution in [0.4, 0.5) is 0 Å². The first kappa shape index (κ1) is 15.6. The Hall–Kier alpha value is -2.48. The molecule has 0 aliphatic carbocycles. The monoisotopic (exact) mass is 275 g/mol. The van der Waals surface area contributed by atoms with Gasteiger partial charge in [0.1, 0.15) is 6.61 Å². The van der Waals surface area contributed by atoms with Crippen molar-refractivity contribution in [1.29, 1.82) is 5.26 Å². The molecule has 1 N–H and O–H groups in total. The molecule has 0 fully saturated rings. The van der Waals surface area contributed by atoms with Gasteiger partial charge in [-0.25, -0.2) is 4.79 Å². The van der Waals surface area contributed by atoms with Crippen LogP contribution in [0.15, 0.2) is 29.8 Å². The SMILES string of the molecule is CCOc1cc(C#N)ccc1OCC=C(CC)C(=O)O. The van der Waals surface area contributed by atoms with Gasteiger partial charge in [-0.15, -0.1) is 0 Å². The molecule has 0 aliphatic rings. The Bertz CT molecular complexity index is 543. The van der Waals surface area contributed by atoms with Crippen LogP contribution in [0.25, 0.3) is 0 Å². The van der Waals surface area contributed by atoms with Gasteiger partial charge < -0.3 is 14.6 Å². The number of benzene rings is 1. The molecule has 0 amide bonds. The van der Waals surface area contributed by atoms with Gasteiger partial charge in [0.05, 0.1) is 18.2 Å². The number of hydrogen-bond acceptors (Lipinski definition) is 4. The Morgan fingerprint density at radius 2 is 2.10 bits per heavy atom. The molecule has 1 aromatic carbocycles. The van der Waals surface area contributed by atoms with Crippen molar-refractivity contribution in [2.24, 2.45) is 0 Å². The van der Waals surface area contributed by atoms with Crippen LogP contribution in [0.1, 0.15) is 25.8 Å². The second kappa shape index (κ2) is 7.85. The number of nitriles is 1. The van der Waals surface area contributed by atoms with Gasteiger partial charge in [0.15, 0.2) is 11.5 Å². The van der Waals surface area contributed by atoms with Gasteiger partial charge in [0.25, 0.3) is 0 Å². The molecule has 5 heteroatoms. The maximum atomic E-state index is 10.8. The molecule has 0 radical (unpaired) electrons. The zero-order valence-electron chi connectivity index (χ0n) is 11.5. The van der Waals surface area contributed by atoms with E-state index in [1.165, 1.54) is 6.08 Å². The molecule has 0 atom stereocenters. The molecule has 0 bridgehead atoms. The van der Waals surface area contributed by atoms with E-state index < -0.39 is 5.97 Å². The largest absolute Gasteiger partial charge is 0.490 e. The summed E-state index contributed by atoms with van der Waals surface area (Å²) in [4.78, 5) is 10.8. The van der Waals surface area contributed by atoms with Gasteiger partial charge in [-0.05, 0) is 31.6 Å². The molecule has 0 aliphatic heterocycles. The number of rotatable bonds is 7. The van der Waals surface area contributed by atoms with Crippen molar-refractivity contribution in [1.82, 2.24) is 0 Å².